The lowest BCUT2D eigenvalue weighted by Crippen LogP contribution is -2.63. The average molecular weight is 267 g/mol. The van der Waals surface area contributed by atoms with Crippen LogP contribution in [0.25, 0.3) is 0 Å². The van der Waals surface area contributed by atoms with E-state index in [0.717, 1.165) is 32.4 Å². The summed E-state index contributed by atoms with van der Waals surface area (Å²) in [6, 6.07) is 0. The normalized spacial score (nSPS) is 27.6. The summed E-state index contributed by atoms with van der Waals surface area (Å²) in [5.41, 5.74) is -0.710. The van der Waals surface area contributed by atoms with Crippen LogP contribution in [0.15, 0.2) is 0 Å². The summed E-state index contributed by atoms with van der Waals surface area (Å²) in [6.07, 6.45) is 3.89. The standard InChI is InChI=1S/C14H25N3O2/c1-14(2)13(19)16-8-9-17(14)12(18)10-11-4-3-6-15-7-5-11/h11,15H,3-10H2,1-2H3,(H,16,19)/t11-/m1/s1. The zero-order valence-corrected chi connectivity index (χ0v) is 12.0. The molecule has 108 valence electrons. The topological polar surface area (TPSA) is 61.4 Å². The van der Waals surface area contributed by atoms with Crippen molar-refractivity contribution in [2.75, 3.05) is 26.2 Å². The van der Waals surface area contributed by atoms with Gasteiger partial charge in [-0.2, -0.15) is 0 Å². The molecule has 1 atom stereocenters. The molecule has 2 aliphatic heterocycles. The molecule has 2 N–H and O–H groups in total. The van der Waals surface area contributed by atoms with E-state index in [4.69, 9.17) is 0 Å². The van der Waals surface area contributed by atoms with E-state index in [1.807, 2.05) is 13.8 Å². The van der Waals surface area contributed by atoms with E-state index < -0.39 is 5.54 Å². The molecule has 0 unspecified atom stereocenters. The Balaban J connectivity index is 1.96. The van der Waals surface area contributed by atoms with E-state index in [0.29, 0.717) is 25.4 Å². The minimum absolute atomic E-state index is 0.0466. The molecule has 2 saturated heterocycles. The highest BCUT2D eigenvalue weighted by Crippen LogP contribution is 2.23. The molecule has 2 rings (SSSR count). The number of rotatable bonds is 2. The first-order valence-corrected chi connectivity index (χ1v) is 7.31. The van der Waals surface area contributed by atoms with E-state index >= 15 is 0 Å². The van der Waals surface area contributed by atoms with Crippen molar-refractivity contribution < 1.29 is 9.59 Å². The third-order valence-corrected chi connectivity index (χ3v) is 4.31. The third kappa shape index (κ3) is 3.26. The summed E-state index contributed by atoms with van der Waals surface area (Å²) in [4.78, 5) is 26.1. The van der Waals surface area contributed by atoms with Gasteiger partial charge in [0.2, 0.25) is 11.8 Å². The molecule has 0 saturated carbocycles. The highest BCUT2D eigenvalue weighted by molar-refractivity contribution is 5.91. The first-order chi connectivity index (χ1) is 9.01. The molecular formula is C14H25N3O2. The largest absolute Gasteiger partial charge is 0.352 e. The van der Waals surface area contributed by atoms with Crippen LogP contribution >= 0.6 is 0 Å². The lowest BCUT2D eigenvalue weighted by molar-refractivity contribution is -0.149. The highest BCUT2D eigenvalue weighted by Gasteiger charge is 2.40. The van der Waals surface area contributed by atoms with Crippen molar-refractivity contribution in [2.24, 2.45) is 5.92 Å². The molecule has 19 heavy (non-hydrogen) atoms. The summed E-state index contributed by atoms with van der Waals surface area (Å²) < 4.78 is 0. The monoisotopic (exact) mass is 267 g/mol. The average Bonchev–Trinajstić information content (AvgIpc) is 2.61. The number of carbonyl (C=O) groups is 2. The van der Waals surface area contributed by atoms with Gasteiger partial charge in [0.05, 0.1) is 0 Å². The van der Waals surface area contributed by atoms with Crippen molar-refractivity contribution in [1.29, 1.82) is 0 Å². The Labute approximate surface area is 115 Å². The van der Waals surface area contributed by atoms with Gasteiger partial charge in [0.1, 0.15) is 5.54 Å². The quantitative estimate of drug-likeness (QED) is 0.766. The molecule has 0 aromatic rings. The van der Waals surface area contributed by atoms with Gasteiger partial charge < -0.3 is 15.5 Å². The minimum Gasteiger partial charge on any atom is -0.352 e. The van der Waals surface area contributed by atoms with Crippen LogP contribution in [-0.2, 0) is 9.59 Å². The SMILES string of the molecule is CC1(C)C(=O)NCCN1C(=O)C[C@@H]1CCCNCC1. The first kappa shape index (κ1) is 14.3. The molecule has 0 aromatic heterocycles. The lowest BCUT2D eigenvalue weighted by Gasteiger charge is -2.41. The van der Waals surface area contributed by atoms with Crippen LogP contribution in [0.1, 0.15) is 39.5 Å². The van der Waals surface area contributed by atoms with Crippen LogP contribution in [0.2, 0.25) is 0 Å². The molecule has 2 heterocycles. The van der Waals surface area contributed by atoms with Crippen molar-refractivity contribution in [3.05, 3.63) is 0 Å². The maximum Gasteiger partial charge on any atom is 0.245 e. The lowest BCUT2D eigenvalue weighted by atomic mass is 9.93. The summed E-state index contributed by atoms with van der Waals surface area (Å²) in [7, 11) is 0. The maximum absolute atomic E-state index is 12.5. The van der Waals surface area contributed by atoms with E-state index in [9.17, 15) is 9.59 Å². The zero-order chi connectivity index (χ0) is 13.9. The summed E-state index contributed by atoms with van der Waals surface area (Å²) >= 11 is 0. The van der Waals surface area contributed by atoms with E-state index in [1.165, 1.54) is 0 Å². The predicted molar refractivity (Wildman–Crippen MR) is 73.6 cm³/mol. The van der Waals surface area contributed by atoms with Gasteiger partial charge in [-0.25, -0.2) is 0 Å². The number of nitrogens with zero attached hydrogens (tertiary/aromatic N) is 1. The minimum atomic E-state index is -0.710. The molecule has 0 bridgehead atoms. The molecule has 0 radical (unpaired) electrons. The van der Waals surface area contributed by atoms with Crippen molar-refractivity contribution >= 4 is 11.8 Å². The van der Waals surface area contributed by atoms with Crippen molar-refractivity contribution in [3.8, 4) is 0 Å². The number of hydrogen-bond acceptors (Lipinski definition) is 3. The van der Waals surface area contributed by atoms with Crippen LogP contribution in [0, 0.1) is 5.92 Å². The molecule has 2 amide bonds. The van der Waals surface area contributed by atoms with Crippen LogP contribution in [0.4, 0.5) is 0 Å². The Kier molecular flexibility index (Phi) is 4.45. The molecule has 0 spiro atoms. The van der Waals surface area contributed by atoms with Gasteiger partial charge in [-0.3, -0.25) is 9.59 Å². The summed E-state index contributed by atoms with van der Waals surface area (Å²) in [5, 5.41) is 6.19. The van der Waals surface area contributed by atoms with E-state index in [2.05, 4.69) is 10.6 Å². The van der Waals surface area contributed by atoms with Gasteiger partial charge in [-0.1, -0.05) is 0 Å². The van der Waals surface area contributed by atoms with Gasteiger partial charge in [0.25, 0.3) is 0 Å². The van der Waals surface area contributed by atoms with Gasteiger partial charge in [-0.15, -0.1) is 0 Å². The Morgan fingerprint density at radius 3 is 2.89 bits per heavy atom. The number of nitrogens with one attached hydrogen (secondary N) is 2. The van der Waals surface area contributed by atoms with Crippen LogP contribution in [0.5, 0.6) is 0 Å². The number of amides is 2. The predicted octanol–water partition coefficient (Wildman–Crippen LogP) is 0.503. The van der Waals surface area contributed by atoms with Gasteiger partial charge in [-0.05, 0) is 52.1 Å². The third-order valence-electron chi connectivity index (χ3n) is 4.31. The zero-order valence-electron chi connectivity index (χ0n) is 12.0. The smallest absolute Gasteiger partial charge is 0.245 e. The van der Waals surface area contributed by atoms with Gasteiger partial charge in [0, 0.05) is 19.5 Å². The maximum atomic E-state index is 12.5. The fourth-order valence-corrected chi connectivity index (χ4v) is 2.99. The molecule has 0 aromatic carbocycles. The summed E-state index contributed by atoms with van der Waals surface area (Å²) in [5.74, 6) is 0.546. The highest BCUT2D eigenvalue weighted by atomic mass is 16.2. The molecule has 5 nitrogen and oxygen atoms in total. The van der Waals surface area contributed by atoms with Crippen molar-refractivity contribution in [1.82, 2.24) is 15.5 Å². The summed E-state index contributed by atoms with van der Waals surface area (Å²) in [6.45, 7) is 6.91. The first-order valence-electron chi connectivity index (χ1n) is 7.31. The molecule has 5 heteroatoms. The fraction of sp³-hybridized carbons (Fsp3) is 0.857. The van der Waals surface area contributed by atoms with Crippen molar-refractivity contribution in [3.63, 3.8) is 0 Å². The molecule has 2 aliphatic rings. The van der Waals surface area contributed by atoms with Crippen molar-refractivity contribution in [2.45, 2.75) is 45.1 Å². The molecule has 0 aliphatic carbocycles. The number of hydrogen-bond donors (Lipinski definition) is 2. The number of piperazine rings is 1. The second kappa shape index (κ2) is 5.90. The van der Waals surface area contributed by atoms with E-state index in [1.54, 1.807) is 4.90 Å². The fourth-order valence-electron chi connectivity index (χ4n) is 2.99. The van der Waals surface area contributed by atoms with Gasteiger partial charge in [0.15, 0.2) is 0 Å². The van der Waals surface area contributed by atoms with E-state index in [-0.39, 0.29) is 11.8 Å². The Bertz CT molecular complexity index is 347. The van der Waals surface area contributed by atoms with Crippen LogP contribution < -0.4 is 10.6 Å². The Hall–Kier alpha value is -1.10. The van der Waals surface area contributed by atoms with Crippen LogP contribution in [0.3, 0.4) is 0 Å². The number of carbonyl (C=O) groups excluding carboxylic acids is 2. The van der Waals surface area contributed by atoms with Gasteiger partial charge >= 0.3 is 0 Å². The molecular weight excluding hydrogens is 242 g/mol. The molecule has 2 fully saturated rings. The second-order valence-corrected chi connectivity index (χ2v) is 6.11. The second-order valence-electron chi connectivity index (χ2n) is 6.11. The Morgan fingerprint density at radius 2 is 2.11 bits per heavy atom. The van der Waals surface area contributed by atoms with Crippen LogP contribution in [-0.4, -0.2) is 48.4 Å². The Morgan fingerprint density at radius 1 is 1.32 bits per heavy atom.